The fourth-order valence-corrected chi connectivity index (χ4v) is 8.53. The molecule has 2 N–H and O–H groups in total. The first kappa shape index (κ1) is 40.4. The maximum Gasteiger partial charge on any atom is 0.416 e. The maximum atomic E-state index is 13.5. The third-order valence-corrected chi connectivity index (χ3v) is 11.0. The van der Waals surface area contributed by atoms with E-state index in [2.05, 4.69) is 52.5 Å². The van der Waals surface area contributed by atoms with Gasteiger partial charge in [0.05, 0.1) is 36.3 Å². The van der Waals surface area contributed by atoms with Crippen LogP contribution in [0.15, 0.2) is 122 Å². The summed E-state index contributed by atoms with van der Waals surface area (Å²) in [5.41, 5.74) is 1.08. The van der Waals surface area contributed by atoms with Gasteiger partial charge in [-0.1, -0.05) is 66.7 Å². The summed E-state index contributed by atoms with van der Waals surface area (Å²) in [6.45, 7) is 12.1. The van der Waals surface area contributed by atoms with Crippen LogP contribution in [0.4, 0.5) is 37.7 Å². The van der Waals surface area contributed by atoms with Crippen molar-refractivity contribution in [1.82, 2.24) is 4.98 Å². The highest BCUT2D eigenvalue weighted by Crippen LogP contribution is 2.49. The van der Waals surface area contributed by atoms with Crippen LogP contribution in [0.25, 0.3) is 10.9 Å². The number of hydrogen-bond donors (Lipinski definition) is 2. The van der Waals surface area contributed by atoms with Crippen molar-refractivity contribution in [3.05, 3.63) is 156 Å². The number of anilines is 2. The molecule has 3 aliphatic rings. The zero-order valence-electron chi connectivity index (χ0n) is 30.2. The summed E-state index contributed by atoms with van der Waals surface area (Å²) in [4.78, 5) is 4.64. The number of thiocarbonyl (C=S) groups is 1. The average molecular weight is 788 g/mol. The topological polar surface area (TPSA) is 70.0 Å². The van der Waals surface area contributed by atoms with Crippen molar-refractivity contribution in [2.24, 2.45) is 11.8 Å². The molecule has 8 rings (SSSR count). The summed E-state index contributed by atoms with van der Waals surface area (Å²) in [7, 11) is 0. The van der Waals surface area contributed by atoms with Crippen LogP contribution in [-0.4, -0.2) is 33.7 Å². The van der Waals surface area contributed by atoms with E-state index in [-0.39, 0.29) is 23.3 Å². The smallest absolute Gasteiger partial charge is 0.416 e. The monoisotopic (exact) mass is 787 g/mol. The molecule has 3 aliphatic heterocycles. The summed E-state index contributed by atoms with van der Waals surface area (Å²) < 4.78 is 88.9. The number of halogens is 6. The van der Waals surface area contributed by atoms with Gasteiger partial charge in [-0.25, -0.2) is 0 Å². The van der Waals surface area contributed by atoms with E-state index in [1.807, 2.05) is 48.5 Å². The number of ether oxygens (including phenoxy) is 1. The van der Waals surface area contributed by atoms with Crippen LogP contribution in [0.3, 0.4) is 0 Å². The fraction of sp³-hybridized carbons (Fsp3) is 0.279. The Morgan fingerprint density at radius 2 is 1.50 bits per heavy atom. The first-order chi connectivity index (χ1) is 26.8. The Kier molecular flexibility index (Phi) is 12.1. The van der Waals surface area contributed by atoms with Crippen LogP contribution in [-0.2, 0) is 30.2 Å². The minimum absolute atomic E-state index is 0.0776. The largest absolute Gasteiger partial charge is 0.512 e. The Labute approximate surface area is 327 Å². The summed E-state index contributed by atoms with van der Waals surface area (Å²) >= 11 is 5.40. The van der Waals surface area contributed by atoms with Crippen LogP contribution >= 0.6 is 12.2 Å². The third kappa shape index (κ3) is 9.05. The number of nitrogens with zero attached hydrogens (tertiary/aromatic N) is 3. The predicted molar refractivity (Wildman–Crippen MR) is 207 cm³/mol. The van der Waals surface area contributed by atoms with Gasteiger partial charge in [-0.2, -0.15) is 26.3 Å². The number of aromatic nitrogens is 1. The van der Waals surface area contributed by atoms with Crippen LogP contribution < -0.4 is 10.6 Å². The molecule has 2 bridgehead atoms. The van der Waals surface area contributed by atoms with Crippen molar-refractivity contribution in [2.45, 2.75) is 50.5 Å². The number of quaternary nitrogens is 1. The van der Waals surface area contributed by atoms with E-state index in [4.69, 9.17) is 28.8 Å². The molecule has 5 atom stereocenters. The quantitative estimate of drug-likeness (QED) is 0.0483. The Bertz CT molecular complexity index is 2150. The van der Waals surface area contributed by atoms with Gasteiger partial charge < -0.3 is 31.7 Å². The normalized spacial score (nSPS) is 21.0. The first-order valence-electron chi connectivity index (χ1n) is 18.0. The van der Waals surface area contributed by atoms with Crippen molar-refractivity contribution < 1.29 is 35.6 Å². The molecule has 290 valence electrons. The lowest BCUT2D eigenvalue weighted by Crippen LogP contribution is -2.67. The average Bonchev–Trinajstić information content (AvgIpc) is 3.19. The summed E-state index contributed by atoms with van der Waals surface area (Å²) in [5.74, 6) is 0.851. The van der Waals surface area contributed by atoms with Gasteiger partial charge in [0.25, 0.3) is 0 Å². The number of piperidine rings is 3. The van der Waals surface area contributed by atoms with Crippen LogP contribution in [0.2, 0.25) is 0 Å². The SMILES string of the molecule is C=C[C@H]1C[N@+]2(Cc3ccccc3)CC[C@H]1C[C@H]2[C@H](OCc1ccccc1)c1ccnc2ccc(NC(=S)Nc3cc(C(F)(F)F)cc(C(F)(F)F)c3)cc12.[C-]#N. The Morgan fingerprint density at radius 1 is 0.875 bits per heavy atom. The number of rotatable bonds is 10. The Morgan fingerprint density at radius 3 is 2.12 bits per heavy atom. The van der Waals surface area contributed by atoms with E-state index in [1.165, 1.54) is 5.56 Å². The fourth-order valence-electron chi connectivity index (χ4n) is 8.29. The third-order valence-electron chi connectivity index (χ3n) is 10.8. The molecule has 13 heteroatoms. The highest BCUT2D eigenvalue weighted by Gasteiger charge is 2.54. The molecule has 6 nitrogen and oxygen atoms in total. The summed E-state index contributed by atoms with van der Waals surface area (Å²) in [6, 6.07) is 29.2. The molecule has 4 aromatic carbocycles. The highest BCUT2D eigenvalue weighted by atomic mass is 32.1. The standard InChI is InChI=1S/C42H38F6N4OS.CN/c1-2-29-25-52(24-27-9-5-3-6-10-27)18-16-30(29)19-38(52)39(53-26-28-11-7-4-8-12-28)35-15-17-49-37-14-13-33(23-36(35)37)50-40(54)51-34-21-31(41(43,44)45)20-32(22-34)42(46,47)48;1-2/h2-15,17,20-23,29-30,38-39H,1,16,18-19,24-26H2,(H-,50,51,54);/q;-1/p+1/t29-,30-,38-,39+,52+;/m0./s1. The Hall–Kier alpha value is -5.29. The molecule has 3 saturated heterocycles. The van der Waals surface area contributed by atoms with Gasteiger partial charge in [0.2, 0.25) is 0 Å². The Balaban J connectivity index is 0.00000262. The first-order valence-corrected chi connectivity index (χ1v) is 18.4. The minimum atomic E-state index is -4.99. The van der Waals surface area contributed by atoms with Crippen molar-refractivity contribution in [2.75, 3.05) is 23.7 Å². The van der Waals surface area contributed by atoms with Gasteiger partial charge in [-0.05, 0) is 71.7 Å². The molecule has 0 spiro atoms. The van der Waals surface area contributed by atoms with Gasteiger partial charge in [-0.15, -0.1) is 6.58 Å². The summed E-state index contributed by atoms with van der Waals surface area (Å²) in [5, 5.41) is 12.3. The molecular weight excluding hydrogens is 749 g/mol. The molecule has 4 heterocycles. The highest BCUT2D eigenvalue weighted by molar-refractivity contribution is 7.80. The second-order valence-electron chi connectivity index (χ2n) is 14.2. The molecule has 0 saturated carbocycles. The molecule has 0 amide bonds. The lowest BCUT2D eigenvalue weighted by Gasteiger charge is -2.58. The van der Waals surface area contributed by atoms with E-state index in [1.54, 1.807) is 18.3 Å². The number of nitrogens with one attached hydrogen (secondary N) is 2. The molecule has 3 fully saturated rings. The van der Waals surface area contributed by atoms with Crippen molar-refractivity contribution in [1.29, 1.82) is 5.26 Å². The number of hydrogen-bond acceptors (Lipinski definition) is 4. The van der Waals surface area contributed by atoms with Gasteiger partial charge in [0, 0.05) is 47.3 Å². The van der Waals surface area contributed by atoms with Crippen LogP contribution in [0, 0.1) is 23.7 Å². The number of pyridine rings is 1. The molecule has 0 radical (unpaired) electrons. The molecule has 0 unspecified atom stereocenters. The van der Waals surface area contributed by atoms with Gasteiger partial charge in [-0.3, -0.25) is 4.98 Å². The molecule has 56 heavy (non-hydrogen) atoms. The van der Waals surface area contributed by atoms with Crippen LogP contribution in [0.5, 0.6) is 0 Å². The van der Waals surface area contributed by atoms with Crippen molar-refractivity contribution in [3.63, 3.8) is 0 Å². The van der Waals surface area contributed by atoms with E-state index >= 15 is 0 Å². The predicted octanol–water partition coefficient (Wildman–Crippen LogP) is 11.0. The summed E-state index contributed by atoms with van der Waals surface area (Å²) in [6.07, 6.45) is -4.41. The molecule has 5 aromatic rings. The number of fused-ring (bicyclic) bond motifs is 4. The van der Waals surface area contributed by atoms with Gasteiger partial charge in [0.1, 0.15) is 18.7 Å². The van der Waals surface area contributed by atoms with E-state index < -0.39 is 29.2 Å². The van der Waals surface area contributed by atoms with Crippen molar-refractivity contribution >= 4 is 39.6 Å². The van der Waals surface area contributed by atoms with E-state index in [0.717, 1.165) is 53.5 Å². The zero-order valence-corrected chi connectivity index (χ0v) is 31.0. The van der Waals surface area contributed by atoms with E-state index in [9.17, 15) is 26.3 Å². The maximum absolute atomic E-state index is 13.5. The van der Waals surface area contributed by atoms with E-state index in [0.29, 0.717) is 41.8 Å². The lowest BCUT2D eigenvalue weighted by molar-refractivity contribution is -0.985. The molecular formula is C43H39F6N5OS. The van der Waals surface area contributed by atoms with Crippen LogP contribution in [0.1, 0.15) is 46.8 Å². The minimum Gasteiger partial charge on any atom is -0.512 e. The zero-order chi connectivity index (χ0) is 40.1. The lowest BCUT2D eigenvalue weighted by atomic mass is 9.71. The molecule has 0 aliphatic carbocycles. The number of benzene rings is 4. The second-order valence-corrected chi connectivity index (χ2v) is 14.7. The molecule has 1 aromatic heterocycles. The second kappa shape index (κ2) is 16.8. The number of alkyl halides is 6. The van der Waals surface area contributed by atoms with Gasteiger partial charge in [0.15, 0.2) is 5.11 Å². The van der Waals surface area contributed by atoms with Crippen molar-refractivity contribution in [3.8, 4) is 0 Å². The van der Waals surface area contributed by atoms with Gasteiger partial charge >= 0.3 is 12.4 Å².